The number of benzene rings is 1. The number of rotatable bonds is 4. The van der Waals surface area contributed by atoms with E-state index >= 15 is 0 Å². The molecule has 0 aromatic heterocycles. The molecule has 1 aromatic carbocycles. The number of hydrogen-bond acceptors (Lipinski definition) is 3. The highest BCUT2D eigenvalue weighted by molar-refractivity contribution is 6.42. The van der Waals surface area contributed by atoms with Gasteiger partial charge < -0.3 is 5.32 Å². The van der Waals surface area contributed by atoms with E-state index in [1.165, 1.54) is 6.07 Å². The van der Waals surface area contributed by atoms with E-state index in [-0.39, 0.29) is 22.2 Å². The minimum atomic E-state index is -0.424. The van der Waals surface area contributed by atoms with Crippen LogP contribution in [0.15, 0.2) is 12.1 Å². The Morgan fingerprint density at radius 1 is 1.32 bits per heavy atom. The first-order valence-electron chi connectivity index (χ1n) is 5.96. The summed E-state index contributed by atoms with van der Waals surface area (Å²) in [5.74, 6) is 0. The van der Waals surface area contributed by atoms with Crippen LogP contribution in [0.25, 0.3) is 0 Å². The normalized spacial score (nSPS) is 13.4. The summed E-state index contributed by atoms with van der Waals surface area (Å²) >= 11 is 11.8. The number of nitrogens with zero attached hydrogens (tertiary/aromatic N) is 1. The summed E-state index contributed by atoms with van der Waals surface area (Å²) in [6.45, 7) is 6.24. The summed E-state index contributed by atoms with van der Waals surface area (Å²) < 4.78 is 0. The van der Waals surface area contributed by atoms with Crippen LogP contribution in [-0.4, -0.2) is 18.0 Å². The largest absolute Gasteiger partial charge is 0.316 e. The van der Waals surface area contributed by atoms with Crippen LogP contribution in [0.2, 0.25) is 10.0 Å². The second-order valence-corrected chi connectivity index (χ2v) is 6.38. The number of nitrogens with one attached hydrogen (secondary N) is 1. The second-order valence-electron chi connectivity index (χ2n) is 5.56. The van der Waals surface area contributed by atoms with Crippen LogP contribution in [0.5, 0.6) is 0 Å². The molecule has 0 fully saturated rings. The topological polar surface area (TPSA) is 55.2 Å². The van der Waals surface area contributed by atoms with Crippen LogP contribution >= 0.6 is 23.2 Å². The Morgan fingerprint density at radius 2 is 1.84 bits per heavy atom. The molecular formula is C13H18Cl2N2O2. The van der Waals surface area contributed by atoms with Gasteiger partial charge >= 0.3 is 0 Å². The van der Waals surface area contributed by atoms with Crippen molar-refractivity contribution in [2.45, 2.75) is 33.2 Å². The molecule has 0 spiro atoms. The molecule has 0 amide bonds. The Morgan fingerprint density at radius 3 is 2.26 bits per heavy atom. The molecule has 19 heavy (non-hydrogen) atoms. The van der Waals surface area contributed by atoms with Crippen molar-refractivity contribution in [1.29, 1.82) is 0 Å². The average molecular weight is 305 g/mol. The maximum absolute atomic E-state index is 11.1. The third-order valence-corrected chi connectivity index (χ3v) is 3.86. The fourth-order valence-electron chi connectivity index (χ4n) is 1.97. The Bertz CT molecular complexity index is 484. The zero-order chi connectivity index (χ0) is 14.8. The summed E-state index contributed by atoms with van der Waals surface area (Å²) in [6.07, 6.45) is 0.521. The molecule has 0 radical (unpaired) electrons. The quantitative estimate of drug-likeness (QED) is 0.673. The van der Waals surface area contributed by atoms with E-state index in [9.17, 15) is 10.1 Å². The molecule has 1 aromatic rings. The average Bonchev–Trinajstić information content (AvgIpc) is 2.27. The van der Waals surface area contributed by atoms with E-state index in [1.807, 2.05) is 7.05 Å². The smallest absolute Gasteiger partial charge is 0.274 e. The maximum Gasteiger partial charge on any atom is 0.274 e. The molecule has 4 nitrogen and oxygen atoms in total. The van der Waals surface area contributed by atoms with Gasteiger partial charge in [0.2, 0.25) is 0 Å². The summed E-state index contributed by atoms with van der Waals surface area (Å²) in [5.41, 5.74) is 0.585. The molecule has 0 heterocycles. The van der Waals surface area contributed by atoms with Crippen molar-refractivity contribution in [2.24, 2.45) is 5.41 Å². The highest BCUT2D eigenvalue weighted by Gasteiger charge is 2.27. The molecule has 1 rings (SSSR count). The van der Waals surface area contributed by atoms with Gasteiger partial charge in [-0.1, -0.05) is 44.0 Å². The van der Waals surface area contributed by atoms with Crippen molar-refractivity contribution in [3.63, 3.8) is 0 Å². The van der Waals surface area contributed by atoms with Crippen molar-refractivity contribution >= 4 is 28.9 Å². The monoisotopic (exact) mass is 304 g/mol. The van der Waals surface area contributed by atoms with Gasteiger partial charge in [-0.2, -0.15) is 0 Å². The second kappa shape index (κ2) is 6.07. The highest BCUT2D eigenvalue weighted by Crippen LogP contribution is 2.33. The lowest BCUT2D eigenvalue weighted by Gasteiger charge is -2.30. The molecule has 0 bridgehead atoms. The molecule has 106 valence electrons. The van der Waals surface area contributed by atoms with Crippen LogP contribution in [0.1, 0.15) is 26.3 Å². The van der Waals surface area contributed by atoms with E-state index in [2.05, 4.69) is 26.1 Å². The Kier molecular flexibility index (Phi) is 5.18. The molecule has 6 heteroatoms. The van der Waals surface area contributed by atoms with Gasteiger partial charge in [0.1, 0.15) is 0 Å². The predicted octanol–water partition coefficient (Wildman–Crippen LogP) is 4.08. The zero-order valence-corrected chi connectivity index (χ0v) is 13.0. The van der Waals surface area contributed by atoms with Crippen LogP contribution in [0.4, 0.5) is 5.69 Å². The first-order valence-corrected chi connectivity index (χ1v) is 6.72. The third-order valence-electron chi connectivity index (χ3n) is 3.14. The van der Waals surface area contributed by atoms with E-state index in [0.29, 0.717) is 17.0 Å². The predicted molar refractivity (Wildman–Crippen MR) is 79.1 cm³/mol. The van der Waals surface area contributed by atoms with Crippen LogP contribution in [0, 0.1) is 15.5 Å². The number of nitro benzene ring substituents is 1. The standard InChI is InChI=1S/C13H18Cl2N2O2/c1-13(2,3)12(16-4)6-8-5-9(14)10(15)7-11(8)17(18)19/h5,7,12,16H,6H2,1-4H3. The fourth-order valence-corrected chi connectivity index (χ4v) is 2.32. The van der Waals surface area contributed by atoms with Gasteiger partial charge in [-0.15, -0.1) is 0 Å². The SMILES string of the molecule is CNC(Cc1cc(Cl)c(Cl)cc1[N+](=O)[O-])C(C)(C)C. The fraction of sp³-hybridized carbons (Fsp3) is 0.538. The van der Waals surface area contributed by atoms with E-state index in [0.717, 1.165) is 0 Å². The number of likely N-dealkylation sites (N-methyl/N-ethyl adjacent to an activating group) is 1. The van der Waals surface area contributed by atoms with Crippen LogP contribution in [0.3, 0.4) is 0 Å². The minimum absolute atomic E-state index is 0.0129. The van der Waals surface area contributed by atoms with Crippen LogP contribution < -0.4 is 5.32 Å². The van der Waals surface area contributed by atoms with Crippen molar-refractivity contribution in [3.8, 4) is 0 Å². The molecule has 1 atom stereocenters. The van der Waals surface area contributed by atoms with E-state index in [4.69, 9.17) is 23.2 Å². The Balaban J connectivity index is 3.19. The minimum Gasteiger partial charge on any atom is -0.316 e. The number of nitro groups is 1. The van der Waals surface area contributed by atoms with E-state index in [1.54, 1.807) is 6.07 Å². The lowest BCUT2D eigenvalue weighted by atomic mass is 9.83. The number of hydrogen-bond donors (Lipinski definition) is 1. The zero-order valence-electron chi connectivity index (χ0n) is 11.5. The first kappa shape index (κ1) is 16.2. The highest BCUT2D eigenvalue weighted by atomic mass is 35.5. The van der Waals surface area contributed by atoms with Crippen molar-refractivity contribution in [3.05, 3.63) is 37.9 Å². The van der Waals surface area contributed by atoms with Gasteiger partial charge in [-0.25, -0.2) is 0 Å². The van der Waals surface area contributed by atoms with Gasteiger partial charge in [0.05, 0.1) is 15.0 Å². The summed E-state index contributed by atoms with van der Waals surface area (Å²) in [4.78, 5) is 10.7. The molecular weight excluding hydrogens is 287 g/mol. The van der Waals surface area contributed by atoms with Gasteiger partial charge in [-0.3, -0.25) is 10.1 Å². The summed E-state index contributed by atoms with van der Waals surface area (Å²) in [7, 11) is 1.85. The van der Waals surface area contributed by atoms with Crippen molar-refractivity contribution in [1.82, 2.24) is 5.32 Å². The Hall–Kier alpha value is -0.840. The maximum atomic E-state index is 11.1. The Labute approximate surface area is 123 Å². The van der Waals surface area contributed by atoms with Gasteiger partial charge in [0, 0.05) is 17.7 Å². The van der Waals surface area contributed by atoms with Crippen molar-refractivity contribution < 1.29 is 4.92 Å². The van der Waals surface area contributed by atoms with Crippen molar-refractivity contribution in [2.75, 3.05) is 7.05 Å². The summed E-state index contributed by atoms with van der Waals surface area (Å²) in [5, 5.41) is 14.8. The van der Waals surface area contributed by atoms with Gasteiger partial charge in [-0.05, 0) is 24.9 Å². The molecule has 0 aliphatic carbocycles. The third kappa shape index (κ3) is 4.06. The van der Waals surface area contributed by atoms with E-state index < -0.39 is 4.92 Å². The van der Waals surface area contributed by atoms with Gasteiger partial charge in [0.25, 0.3) is 5.69 Å². The lowest BCUT2D eigenvalue weighted by Crippen LogP contribution is -2.39. The molecule has 0 saturated carbocycles. The molecule has 1 unspecified atom stereocenters. The van der Waals surface area contributed by atoms with Crippen LogP contribution in [-0.2, 0) is 6.42 Å². The first-order chi connectivity index (χ1) is 8.66. The number of halogens is 2. The van der Waals surface area contributed by atoms with Gasteiger partial charge in [0.15, 0.2) is 0 Å². The molecule has 0 aliphatic rings. The lowest BCUT2D eigenvalue weighted by molar-refractivity contribution is -0.385. The molecule has 1 N–H and O–H groups in total. The molecule has 0 saturated heterocycles. The molecule has 0 aliphatic heterocycles. The summed E-state index contributed by atoms with van der Waals surface area (Å²) in [6, 6.07) is 3.00.